The fraction of sp³-hybridized carbons (Fsp3) is 0.529. The van der Waals surface area contributed by atoms with Crippen LogP contribution in [0.1, 0.15) is 12.8 Å². The van der Waals surface area contributed by atoms with Gasteiger partial charge in [0.2, 0.25) is 0 Å². The number of rotatable bonds is 7. The number of nitrogens with one attached hydrogen (secondary N) is 1. The van der Waals surface area contributed by atoms with Crippen LogP contribution in [0.3, 0.4) is 0 Å². The van der Waals surface area contributed by atoms with E-state index in [1.807, 2.05) is 24.3 Å². The lowest BCUT2D eigenvalue weighted by molar-refractivity contribution is 0.303. The third kappa shape index (κ3) is 3.15. The Balaban J connectivity index is 1.31. The van der Waals surface area contributed by atoms with Crippen LogP contribution in [0.2, 0.25) is 0 Å². The largest absolute Gasteiger partial charge is 0.497 e. The van der Waals surface area contributed by atoms with Gasteiger partial charge in [0.25, 0.3) is 0 Å². The second-order valence-electron chi connectivity index (χ2n) is 5.77. The van der Waals surface area contributed by atoms with Gasteiger partial charge in [-0.1, -0.05) is 12.2 Å². The molecule has 1 N–H and O–H groups in total. The molecule has 0 spiro atoms. The summed E-state index contributed by atoms with van der Waals surface area (Å²) in [6.07, 6.45) is 7.56. The van der Waals surface area contributed by atoms with Gasteiger partial charge in [0.05, 0.1) is 7.11 Å². The molecule has 0 heterocycles. The topological polar surface area (TPSA) is 30.5 Å². The third-order valence-corrected chi connectivity index (χ3v) is 4.43. The van der Waals surface area contributed by atoms with Crippen molar-refractivity contribution in [1.29, 1.82) is 0 Å². The Bertz CT molecular complexity index is 455. The van der Waals surface area contributed by atoms with Crippen molar-refractivity contribution < 1.29 is 9.47 Å². The predicted octanol–water partition coefficient (Wildman–Crippen LogP) is 2.88. The Morgan fingerprint density at radius 3 is 2.55 bits per heavy atom. The van der Waals surface area contributed by atoms with Crippen LogP contribution in [-0.2, 0) is 0 Å². The quantitative estimate of drug-likeness (QED) is 0.612. The summed E-state index contributed by atoms with van der Waals surface area (Å²) in [5, 5.41) is 3.52. The molecule has 2 aliphatic carbocycles. The molecule has 0 amide bonds. The molecule has 2 bridgehead atoms. The summed E-state index contributed by atoms with van der Waals surface area (Å²) in [6.45, 7) is 2.74. The lowest BCUT2D eigenvalue weighted by Gasteiger charge is -2.18. The maximum atomic E-state index is 5.70. The van der Waals surface area contributed by atoms with Crippen LogP contribution in [0.15, 0.2) is 36.4 Å². The molecule has 1 aromatic carbocycles. The number of ether oxygens (including phenoxy) is 2. The Kier molecular flexibility index (Phi) is 4.26. The molecule has 2 aliphatic rings. The first kappa shape index (κ1) is 13.5. The molecular formula is C17H23NO2. The minimum atomic E-state index is 0.711. The van der Waals surface area contributed by atoms with Crippen LogP contribution >= 0.6 is 0 Å². The highest BCUT2D eigenvalue weighted by atomic mass is 16.5. The van der Waals surface area contributed by atoms with E-state index in [2.05, 4.69) is 17.5 Å². The summed E-state index contributed by atoms with van der Waals surface area (Å²) in [7, 11) is 1.67. The van der Waals surface area contributed by atoms with E-state index in [1.165, 1.54) is 12.8 Å². The molecule has 1 fully saturated rings. The molecule has 0 radical (unpaired) electrons. The first-order chi connectivity index (χ1) is 9.85. The normalized spacial score (nSPS) is 26.9. The summed E-state index contributed by atoms with van der Waals surface area (Å²) < 4.78 is 10.8. The van der Waals surface area contributed by atoms with Crippen LogP contribution in [0.5, 0.6) is 11.5 Å². The van der Waals surface area contributed by atoms with Gasteiger partial charge in [-0.3, -0.25) is 0 Å². The summed E-state index contributed by atoms with van der Waals surface area (Å²) in [6, 6.07) is 7.73. The van der Waals surface area contributed by atoms with E-state index in [1.54, 1.807) is 7.11 Å². The molecule has 1 aromatic rings. The van der Waals surface area contributed by atoms with Crippen molar-refractivity contribution in [3.63, 3.8) is 0 Å². The molecule has 3 atom stereocenters. The Morgan fingerprint density at radius 1 is 1.10 bits per heavy atom. The molecule has 0 saturated heterocycles. The highest BCUT2D eigenvalue weighted by molar-refractivity contribution is 5.31. The summed E-state index contributed by atoms with van der Waals surface area (Å²) in [5.74, 6) is 4.29. The number of benzene rings is 1. The number of allylic oxidation sites excluding steroid dienone is 2. The summed E-state index contributed by atoms with van der Waals surface area (Å²) in [4.78, 5) is 0. The van der Waals surface area contributed by atoms with E-state index in [-0.39, 0.29) is 0 Å². The summed E-state index contributed by atoms with van der Waals surface area (Å²) >= 11 is 0. The fourth-order valence-corrected chi connectivity index (χ4v) is 3.33. The van der Waals surface area contributed by atoms with Crippen molar-refractivity contribution in [3.8, 4) is 11.5 Å². The maximum absolute atomic E-state index is 5.70. The average Bonchev–Trinajstić information content (AvgIpc) is 3.10. The van der Waals surface area contributed by atoms with Crippen molar-refractivity contribution in [1.82, 2.24) is 5.32 Å². The first-order valence-electron chi connectivity index (χ1n) is 7.51. The van der Waals surface area contributed by atoms with Gasteiger partial charge in [-0.05, 0) is 61.4 Å². The van der Waals surface area contributed by atoms with Gasteiger partial charge in [0.15, 0.2) is 0 Å². The maximum Gasteiger partial charge on any atom is 0.119 e. The van der Waals surface area contributed by atoms with Crippen molar-refractivity contribution in [2.75, 3.05) is 26.8 Å². The number of methoxy groups -OCH3 is 1. The van der Waals surface area contributed by atoms with Crippen molar-refractivity contribution in [3.05, 3.63) is 36.4 Å². The van der Waals surface area contributed by atoms with Gasteiger partial charge < -0.3 is 14.8 Å². The Morgan fingerprint density at radius 2 is 1.90 bits per heavy atom. The molecule has 108 valence electrons. The van der Waals surface area contributed by atoms with Gasteiger partial charge in [-0.25, -0.2) is 0 Å². The highest BCUT2D eigenvalue weighted by Crippen LogP contribution is 2.42. The van der Waals surface area contributed by atoms with Crippen LogP contribution < -0.4 is 14.8 Å². The Labute approximate surface area is 121 Å². The van der Waals surface area contributed by atoms with Crippen LogP contribution in [0.25, 0.3) is 0 Å². The van der Waals surface area contributed by atoms with E-state index in [4.69, 9.17) is 9.47 Å². The van der Waals surface area contributed by atoms with E-state index < -0.39 is 0 Å². The number of hydrogen-bond acceptors (Lipinski definition) is 3. The second-order valence-corrected chi connectivity index (χ2v) is 5.77. The average molecular weight is 273 g/mol. The van der Waals surface area contributed by atoms with Gasteiger partial charge in [0, 0.05) is 6.54 Å². The third-order valence-electron chi connectivity index (χ3n) is 4.43. The van der Waals surface area contributed by atoms with Gasteiger partial charge in [0.1, 0.15) is 18.1 Å². The molecule has 1 saturated carbocycles. The molecule has 20 heavy (non-hydrogen) atoms. The zero-order chi connectivity index (χ0) is 13.8. The smallest absolute Gasteiger partial charge is 0.119 e. The monoisotopic (exact) mass is 273 g/mol. The minimum Gasteiger partial charge on any atom is -0.497 e. The zero-order valence-electron chi connectivity index (χ0n) is 12.0. The highest BCUT2D eigenvalue weighted by Gasteiger charge is 2.34. The second kappa shape index (κ2) is 6.31. The lowest BCUT2D eigenvalue weighted by atomic mass is 9.94. The minimum absolute atomic E-state index is 0.711. The Hall–Kier alpha value is -1.48. The van der Waals surface area contributed by atoms with Gasteiger partial charge >= 0.3 is 0 Å². The van der Waals surface area contributed by atoms with Crippen LogP contribution in [0, 0.1) is 17.8 Å². The standard InChI is InChI=1S/C17H23NO2/c1-19-16-4-6-17(7-5-16)20-9-8-18-12-15-11-13-2-3-14(15)10-13/h2-7,13-15,18H,8-12H2,1H3. The van der Waals surface area contributed by atoms with Crippen LogP contribution in [-0.4, -0.2) is 26.8 Å². The molecule has 0 aromatic heterocycles. The van der Waals surface area contributed by atoms with E-state index in [0.29, 0.717) is 6.61 Å². The van der Waals surface area contributed by atoms with E-state index in [9.17, 15) is 0 Å². The van der Waals surface area contributed by atoms with Crippen LogP contribution in [0.4, 0.5) is 0 Å². The molecule has 3 rings (SSSR count). The number of hydrogen-bond donors (Lipinski definition) is 1. The van der Waals surface area contributed by atoms with Gasteiger partial charge in [-0.2, -0.15) is 0 Å². The predicted molar refractivity (Wildman–Crippen MR) is 80.2 cm³/mol. The van der Waals surface area contributed by atoms with Crippen molar-refractivity contribution >= 4 is 0 Å². The SMILES string of the molecule is COc1ccc(OCCNCC2CC3C=CC2C3)cc1. The zero-order valence-corrected chi connectivity index (χ0v) is 12.0. The van der Waals surface area contributed by atoms with E-state index in [0.717, 1.165) is 42.3 Å². The lowest BCUT2D eigenvalue weighted by Crippen LogP contribution is -2.28. The van der Waals surface area contributed by atoms with Crippen molar-refractivity contribution in [2.45, 2.75) is 12.8 Å². The fourth-order valence-electron chi connectivity index (χ4n) is 3.33. The van der Waals surface area contributed by atoms with Gasteiger partial charge in [-0.15, -0.1) is 0 Å². The molecule has 3 unspecified atom stereocenters. The molecule has 0 aliphatic heterocycles. The molecular weight excluding hydrogens is 250 g/mol. The number of fused-ring (bicyclic) bond motifs is 2. The molecule has 3 nitrogen and oxygen atoms in total. The molecule has 3 heteroatoms. The van der Waals surface area contributed by atoms with Crippen molar-refractivity contribution in [2.24, 2.45) is 17.8 Å². The van der Waals surface area contributed by atoms with E-state index >= 15 is 0 Å². The first-order valence-corrected chi connectivity index (χ1v) is 7.51. The summed E-state index contributed by atoms with van der Waals surface area (Å²) in [5.41, 5.74) is 0.